The molecule has 0 spiro atoms. The lowest BCUT2D eigenvalue weighted by Crippen LogP contribution is -3.14. The van der Waals surface area contributed by atoms with Gasteiger partial charge in [-0.05, 0) is 37.6 Å². The van der Waals surface area contributed by atoms with Crippen molar-refractivity contribution in [2.24, 2.45) is 11.8 Å². The normalized spacial score (nSPS) is 22.8. The number of carbonyl (C=O) groups excluding carboxylic acids is 1. The first-order valence-electron chi connectivity index (χ1n) is 9.61. The van der Waals surface area contributed by atoms with Crippen molar-refractivity contribution in [3.63, 3.8) is 0 Å². The zero-order valence-corrected chi connectivity index (χ0v) is 16.6. The van der Waals surface area contributed by atoms with E-state index in [0.29, 0.717) is 12.5 Å². The number of hydrogen-bond donors (Lipinski definition) is 1. The summed E-state index contributed by atoms with van der Waals surface area (Å²) in [6, 6.07) is 0.240. The Morgan fingerprint density at radius 2 is 1.96 bits per heavy atom. The van der Waals surface area contributed by atoms with E-state index >= 15 is 0 Å². The van der Waals surface area contributed by atoms with Crippen LogP contribution in [0.4, 0.5) is 0 Å². The number of likely N-dealkylation sites (tertiary alicyclic amines) is 1. The summed E-state index contributed by atoms with van der Waals surface area (Å²) >= 11 is 0. The van der Waals surface area contributed by atoms with E-state index in [1.807, 2.05) is 11.6 Å². The molecule has 1 aliphatic heterocycles. The molecule has 25 heavy (non-hydrogen) atoms. The van der Waals surface area contributed by atoms with Crippen LogP contribution in [0.3, 0.4) is 0 Å². The first kappa shape index (κ1) is 19.8. The van der Waals surface area contributed by atoms with Gasteiger partial charge in [-0.15, -0.1) is 5.10 Å². The van der Waals surface area contributed by atoms with Crippen molar-refractivity contribution in [2.75, 3.05) is 19.7 Å². The summed E-state index contributed by atoms with van der Waals surface area (Å²) in [7, 11) is 0. The molecule has 0 aromatic carbocycles. The molecule has 1 atom stereocenters. The molecule has 0 saturated carbocycles. The van der Waals surface area contributed by atoms with E-state index in [1.165, 1.54) is 4.90 Å². The Hall–Kier alpha value is -1.50. The van der Waals surface area contributed by atoms with E-state index in [2.05, 4.69) is 50.1 Å². The predicted molar refractivity (Wildman–Crippen MR) is 95.1 cm³/mol. The van der Waals surface area contributed by atoms with Gasteiger partial charge in [0.25, 0.3) is 0 Å². The summed E-state index contributed by atoms with van der Waals surface area (Å²) < 4.78 is 7.19. The highest BCUT2D eigenvalue weighted by atomic mass is 16.5. The summed E-state index contributed by atoms with van der Waals surface area (Å²) in [5.74, 6) is 1.39. The van der Waals surface area contributed by atoms with Crippen molar-refractivity contribution < 1.29 is 14.4 Å². The fourth-order valence-corrected chi connectivity index (χ4v) is 3.72. The second-order valence-corrected chi connectivity index (χ2v) is 8.02. The van der Waals surface area contributed by atoms with Crippen LogP contribution in [0.1, 0.15) is 72.7 Å². The molecule has 0 unspecified atom stereocenters. The Morgan fingerprint density at radius 3 is 2.48 bits per heavy atom. The van der Waals surface area contributed by atoms with Crippen LogP contribution < -0.4 is 4.90 Å². The molecule has 0 aliphatic carbocycles. The van der Waals surface area contributed by atoms with Crippen molar-refractivity contribution in [3.05, 3.63) is 5.82 Å². The molecule has 0 radical (unpaired) electrons. The maximum Gasteiger partial charge on any atom is 0.309 e. The number of aromatic nitrogens is 4. The highest BCUT2D eigenvalue weighted by molar-refractivity contribution is 5.72. The van der Waals surface area contributed by atoms with Gasteiger partial charge in [-0.1, -0.05) is 20.8 Å². The topological polar surface area (TPSA) is 74.3 Å². The van der Waals surface area contributed by atoms with Crippen molar-refractivity contribution >= 4 is 5.97 Å². The fraction of sp³-hybridized carbons (Fsp3) is 0.889. The Balaban J connectivity index is 2.16. The lowest BCUT2D eigenvalue weighted by molar-refractivity contribution is -0.941. The number of ether oxygens (including phenoxy) is 1. The number of carbonyl (C=O) groups is 1. The molecule has 142 valence electrons. The lowest BCUT2D eigenvalue weighted by atomic mass is 9.92. The maximum absolute atomic E-state index is 12.0. The van der Waals surface area contributed by atoms with Crippen LogP contribution in [0.2, 0.25) is 0 Å². The van der Waals surface area contributed by atoms with Crippen LogP contribution in [-0.2, 0) is 15.1 Å². The average Bonchev–Trinajstić information content (AvgIpc) is 3.05. The third-order valence-electron chi connectivity index (χ3n) is 5.56. The SMILES string of the molecule is CCOC(=O)C1CC[NH+]([C@H](c2nnnn2C(C)(C)CC)C(C)C)CC1. The minimum absolute atomic E-state index is 0.0413. The zero-order valence-electron chi connectivity index (χ0n) is 16.6. The summed E-state index contributed by atoms with van der Waals surface area (Å²) in [5, 5.41) is 12.7. The number of nitrogens with one attached hydrogen (secondary N) is 1. The van der Waals surface area contributed by atoms with Gasteiger partial charge >= 0.3 is 5.97 Å². The Kier molecular flexibility index (Phi) is 6.54. The Bertz CT molecular complexity index is 562. The summed E-state index contributed by atoms with van der Waals surface area (Å²) in [6.45, 7) is 15.2. The highest BCUT2D eigenvalue weighted by Crippen LogP contribution is 2.25. The Labute approximate surface area is 151 Å². The highest BCUT2D eigenvalue weighted by Gasteiger charge is 2.39. The standard InChI is InChI=1S/C18H33N5O2/c1-7-18(5,6)23-16(19-20-21-23)15(13(3)4)22-11-9-14(10-12-22)17(24)25-8-2/h13-15H,7-12H2,1-6H3/p+1/t15-/m0/s1. The number of hydrogen-bond acceptors (Lipinski definition) is 5. The van der Waals surface area contributed by atoms with Crippen molar-refractivity contribution in [2.45, 2.75) is 72.4 Å². The molecule has 2 rings (SSSR count). The van der Waals surface area contributed by atoms with Crippen LogP contribution in [-0.4, -0.2) is 45.9 Å². The van der Waals surface area contributed by atoms with Gasteiger partial charge in [0.05, 0.1) is 31.2 Å². The number of tetrazole rings is 1. The van der Waals surface area contributed by atoms with Crippen LogP contribution in [0.15, 0.2) is 0 Å². The second-order valence-electron chi connectivity index (χ2n) is 8.02. The van der Waals surface area contributed by atoms with E-state index in [0.717, 1.165) is 38.2 Å². The maximum atomic E-state index is 12.0. The molecular formula is C18H34N5O2+. The number of piperidine rings is 1. The van der Waals surface area contributed by atoms with E-state index in [1.54, 1.807) is 0 Å². The van der Waals surface area contributed by atoms with Crippen LogP contribution in [0.5, 0.6) is 0 Å². The number of esters is 1. The number of quaternary nitrogens is 1. The van der Waals surface area contributed by atoms with Gasteiger partial charge in [0.1, 0.15) is 0 Å². The number of nitrogens with zero attached hydrogens (tertiary/aromatic N) is 4. The molecule has 1 aromatic heterocycles. The molecule has 0 amide bonds. The minimum Gasteiger partial charge on any atom is -0.466 e. The second kappa shape index (κ2) is 8.25. The van der Waals surface area contributed by atoms with Gasteiger partial charge in [0.2, 0.25) is 5.82 Å². The third-order valence-corrected chi connectivity index (χ3v) is 5.56. The summed E-state index contributed by atoms with van der Waals surface area (Å²) in [6.07, 6.45) is 2.71. The van der Waals surface area contributed by atoms with Gasteiger partial charge in [-0.2, -0.15) is 0 Å². The van der Waals surface area contributed by atoms with E-state index < -0.39 is 0 Å². The zero-order chi connectivity index (χ0) is 18.6. The van der Waals surface area contributed by atoms with E-state index in [-0.39, 0.29) is 23.5 Å². The van der Waals surface area contributed by atoms with E-state index in [9.17, 15) is 4.79 Å². The molecule has 2 heterocycles. The van der Waals surface area contributed by atoms with Gasteiger partial charge in [0, 0.05) is 18.8 Å². The smallest absolute Gasteiger partial charge is 0.309 e. The molecule has 1 fully saturated rings. The first-order chi connectivity index (χ1) is 11.8. The average molecular weight is 353 g/mol. The van der Waals surface area contributed by atoms with E-state index in [4.69, 9.17) is 4.74 Å². The minimum atomic E-state index is -0.103. The largest absolute Gasteiger partial charge is 0.466 e. The molecule has 1 aliphatic rings. The van der Waals surface area contributed by atoms with Gasteiger partial charge in [-0.3, -0.25) is 4.79 Å². The Morgan fingerprint density at radius 1 is 1.32 bits per heavy atom. The molecule has 1 saturated heterocycles. The van der Waals surface area contributed by atoms with Crippen LogP contribution in [0, 0.1) is 11.8 Å². The fourth-order valence-electron chi connectivity index (χ4n) is 3.72. The van der Waals surface area contributed by atoms with Gasteiger partial charge < -0.3 is 9.64 Å². The molecule has 7 heteroatoms. The molecule has 1 N–H and O–H groups in total. The first-order valence-corrected chi connectivity index (χ1v) is 9.61. The lowest BCUT2D eigenvalue weighted by Gasteiger charge is -2.36. The molecule has 0 bridgehead atoms. The van der Waals surface area contributed by atoms with Crippen LogP contribution in [0.25, 0.3) is 0 Å². The van der Waals surface area contributed by atoms with Gasteiger partial charge in [0.15, 0.2) is 6.04 Å². The third kappa shape index (κ3) is 4.37. The molecule has 7 nitrogen and oxygen atoms in total. The molecule has 1 aromatic rings. The van der Waals surface area contributed by atoms with Crippen LogP contribution >= 0.6 is 0 Å². The quantitative estimate of drug-likeness (QED) is 0.750. The van der Waals surface area contributed by atoms with Crippen molar-refractivity contribution in [1.82, 2.24) is 20.2 Å². The summed E-state index contributed by atoms with van der Waals surface area (Å²) in [4.78, 5) is 13.5. The number of rotatable bonds is 7. The van der Waals surface area contributed by atoms with Crippen molar-refractivity contribution in [1.29, 1.82) is 0 Å². The monoisotopic (exact) mass is 352 g/mol. The van der Waals surface area contributed by atoms with Crippen molar-refractivity contribution in [3.8, 4) is 0 Å². The molecular weight excluding hydrogens is 318 g/mol. The summed E-state index contributed by atoms with van der Waals surface area (Å²) in [5.41, 5.74) is -0.103. The predicted octanol–water partition coefficient (Wildman–Crippen LogP) is 1.37. The van der Waals surface area contributed by atoms with Gasteiger partial charge in [-0.25, -0.2) is 4.68 Å².